The largest absolute Gasteiger partial charge is 0.370 e. The smallest absolute Gasteiger partial charge is 0.321 e. The highest BCUT2D eigenvalue weighted by molar-refractivity contribution is 6.35. The number of nitrogens with zero attached hydrogens (tertiary/aromatic N) is 4. The molecular formula is C22H30BN7O. The van der Waals surface area contributed by atoms with E-state index in [1.54, 1.807) is 6.20 Å². The minimum Gasteiger partial charge on any atom is -0.370 e. The van der Waals surface area contributed by atoms with E-state index in [-0.39, 0.29) is 6.03 Å². The predicted octanol–water partition coefficient (Wildman–Crippen LogP) is 2.54. The summed E-state index contributed by atoms with van der Waals surface area (Å²) in [5, 5.41) is 9.48. The van der Waals surface area contributed by atoms with Crippen LogP contribution in [0.4, 0.5) is 27.9 Å². The van der Waals surface area contributed by atoms with Crippen LogP contribution in [-0.2, 0) is 0 Å². The number of urea groups is 1. The van der Waals surface area contributed by atoms with Crippen LogP contribution >= 0.6 is 0 Å². The van der Waals surface area contributed by atoms with E-state index in [0.717, 1.165) is 56.8 Å². The van der Waals surface area contributed by atoms with E-state index in [0.29, 0.717) is 17.2 Å². The second-order valence-corrected chi connectivity index (χ2v) is 8.16. The lowest BCUT2D eigenvalue weighted by atomic mass is 9.99. The van der Waals surface area contributed by atoms with Gasteiger partial charge in [0.05, 0.1) is 0 Å². The Labute approximate surface area is 185 Å². The molecule has 2 radical (unpaired) electrons. The summed E-state index contributed by atoms with van der Waals surface area (Å²) in [6.07, 6.45) is 7.41. The number of hydrogen-bond acceptors (Lipinski definition) is 6. The van der Waals surface area contributed by atoms with Gasteiger partial charge in [0.1, 0.15) is 13.7 Å². The minimum atomic E-state index is -0.0567. The van der Waals surface area contributed by atoms with Gasteiger partial charge in [-0.25, -0.2) is 9.78 Å². The molecule has 162 valence electrons. The zero-order valence-electron chi connectivity index (χ0n) is 17.9. The molecule has 4 rings (SSSR count). The first-order valence-electron chi connectivity index (χ1n) is 11.2. The molecule has 8 nitrogen and oxygen atoms in total. The Morgan fingerprint density at radius 1 is 1.06 bits per heavy atom. The highest BCUT2D eigenvalue weighted by Crippen LogP contribution is 2.19. The summed E-state index contributed by atoms with van der Waals surface area (Å²) in [7, 11) is 6.05. The van der Waals surface area contributed by atoms with Crippen LogP contribution < -0.4 is 21.4 Å². The minimum absolute atomic E-state index is 0.0567. The topological polar surface area (TPSA) is 85.4 Å². The lowest BCUT2D eigenvalue weighted by molar-refractivity contribution is 0.222. The Balaban J connectivity index is 1.32. The molecule has 0 unspecified atom stereocenters. The molecule has 2 saturated heterocycles. The lowest BCUT2D eigenvalue weighted by Crippen LogP contribution is -2.32. The maximum Gasteiger partial charge on any atom is 0.321 e. The number of benzene rings is 1. The number of carbonyl (C=O) groups excluding carboxylic acids is 1. The Morgan fingerprint density at radius 2 is 1.81 bits per heavy atom. The van der Waals surface area contributed by atoms with Crippen molar-refractivity contribution in [1.82, 2.24) is 19.8 Å². The number of rotatable bonds is 8. The van der Waals surface area contributed by atoms with Crippen molar-refractivity contribution < 1.29 is 4.79 Å². The van der Waals surface area contributed by atoms with Crippen molar-refractivity contribution in [2.24, 2.45) is 0 Å². The Hall–Kier alpha value is -2.81. The molecule has 2 aromatic rings. The Bertz CT molecular complexity index is 882. The molecule has 2 aliphatic heterocycles. The standard InChI is InChI=1S/C22H30BN7O/c23-19-16-25-21(28-20(19)24-9-6-12-29-10-1-2-11-29)26-17-7-5-8-18(15-17)27-22(31)30-13-3-4-14-30/h5,7-8,15-16H,1-4,6,9-14H2,(H,27,31)(H2,24,25,26,28). The molecular weight excluding hydrogens is 389 g/mol. The van der Waals surface area contributed by atoms with Crippen molar-refractivity contribution in [3.8, 4) is 0 Å². The van der Waals surface area contributed by atoms with Gasteiger partial charge in [-0.05, 0) is 75.4 Å². The lowest BCUT2D eigenvalue weighted by Gasteiger charge is -2.17. The van der Waals surface area contributed by atoms with Crippen molar-refractivity contribution >= 4 is 42.5 Å². The van der Waals surface area contributed by atoms with E-state index in [1.165, 1.54) is 25.9 Å². The molecule has 0 aliphatic carbocycles. The van der Waals surface area contributed by atoms with Crippen LogP contribution in [0.25, 0.3) is 0 Å². The summed E-state index contributed by atoms with van der Waals surface area (Å²) in [4.78, 5) is 25.5. The highest BCUT2D eigenvalue weighted by atomic mass is 16.2. The summed E-state index contributed by atoms with van der Waals surface area (Å²) in [6, 6.07) is 7.48. The van der Waals surface area contributed by atoms with Crippen LogP contribution in [0.1, 0.15) is 32.1 Å². The van der Waals surface area contributed by atoms with Gasteiger partial charge in [-0.15, -0.1) is 0 Å². The first-order valence-corrected chi connectivity index (χ1v) is 11.2. The number of anilines is 4. The number of likely N-dealkylation sites (tertiary alicyclic amines) is 2. The number of aromatic nitrogens is 2. The van der Waals surface area contributed by atoms with E-state index < -0.39 is 0 Å². The molecule has 0 saturated carbocycles. The summed E-state index contributed by atoms with van der Waals surface area (Å²) >= 11 is 0. The second-order valence-electron chi connectivity index (χ2n) is 8.16. The Kier molecular flexibility index (Phi) is 7.24. The van der Waals surface area contributed by atoms with Gasteiger partial charge in [0.2, 0.25) is 5.95 Å². The van der Waals surface area contributed by atoms with Gasteiger partial charge < -0.3 is 25.8 Å². The van der Waals surface area contributed by atoms with Crippen LogP contribution in [0, 0.1) is 0 Å². The fourth-order valence-corrected chi connectivity index (χ4v) is 4.04. The molecule has 2 fully saturated rings. The van der Waals surface area contributed by atoms with Crippen LogP contribution in [0.15, 0.2) is 30.5 Å². The molecule has 2 aliphatic rings. The molecule has 0 atom stereocenters. The van der Waals surface area contributed by atoms with Gasteiger partial charge in [-0.1, -0.05) is 6.07 Å². The van der Waals surface area contributed by atoms with Gasteiger partial charge in [-0.2, -0.15) is 4.98 Å². The van der Waals surface area contributed by atoms with Crippen molar-refractivity contribution in [1.29, 1.82) is 0 Å². The van der Waals surface area contributed by atoms with Crippen LogP contribution in [-0.4, -0.2) is 72.9 Å². The van der Waals surface area contributed by atoms with Gasteiger partial charge in [-0.3, -0.25) is 0 Å². The van der Waals surface area contributed by atoms with Crippen molar-refractivity contribution in [2.75, 3.05) is 55.2 Å². The number of carbonyl (C=O) groups is 1. The molecule has 0 bridgehead atoms. The monoisotopic (exact) mass is 419 g/mol. The van der Waals surface area contributed by atoms with Gasteiger partial charge in [0.25, 0.3) is 0 Å². The normalized spacial score (nSPS) is 16.5. The van der Waals surface area contributed by atoms with E-state index in [2.05, 4.69) is 30.8 Å². The molecule has 3 N–H and O–H groups in total. The molecule has 3 heterocycles. The first kappa shape index (κ1) is 21.4. The Morgan fingerprint density at radius 3 is 2.61 bits per heavy atom. The van der Waals surface area contributed by atoms with Crippen LogP contribution in [0.2, 0.25) is 0 Å². The number of amides is 2. The SMILES string of the molecule is [B]c1cnc(Nc2cccc(NC(=O)N3CCCC3)c2)nc1NCCCN1CCCC1. The fourth-order valence-electron chi connectivity index (χ4n) is 4.04. The van der Waals surface area contributed by atoms with E-state index in [1.807, 2.05) is 29.2 Å². The van der Waals surface area contributed by atoms with Gasteiger partial charge in [0, 0.05) is 37.2 Å². The highest BCUT2D eigenvalue weighted by Gasteiger charge is 2.17. The molecule has 1 aromatic heterocycles. The zero-order chi connectivity index (χ0) is 21.5. The third-order valence-electron chi connectivity index (χ3n) is 5.72. The molecule has 2 amide bonds. The van der Waals surface area contributed by atoms with Crippen molar-refractivity contribution in [3.63, 3.8) is 0 Å². The van der Waals surface area contributed by atoms with Crippen molar-refractivity contribution in [2.45, 2.75) is 32.1 Å². The van der Waals surface area contributed by atoms with E-state index in [9.17, 15) is 4.79 Å². The summed E-state index contributed by atoms with van der Waals surface area (Å²) in [5.74, 6) is 1.09. The maximum atomic E-state index is 12.3. The number of hydrogen-bond donors (Lipinski definition) is 3. The molecule has 9 heteroatoms. The summed E-state index contributed by atoms with van der Waals surface area (Å²) < 4.78 is 0. The van der Waals surface area contributed by atoms with Crippen molar-refractivity contribution in [3.05, 3.63) is 30.5 Å². The second kappa shape index (κ2) is 10.5. The first-order chi connectivity index (χ1) is 15.2. The molecule has 1 aromatic carbocycles. The average Bonchev–Trinajstić information content (AvgIpc) is 3.48. The quantitative estimate of drug-likeness (QED) is 0.451. The van der Waals surface area contributed by atoms with E-state index in [4.69, 9.17) is 7.85 Å². The predicted molar refractivity (Wildman–Crippen MR) is 126 cm³/mol. The molecule has 0 spiro atoms. The average molecular weight is 419 g/mol. The maximum absolute atomic E-state index is 12.3. The molecule has 31 heavy (non-hydrogen) atoms. The van der Waals surface area contributed by atoms with E-state index >= 15 is 0 Å². The third kappa shape index (κ3) is 6.10. The van der Waals surface area contributed by atoms with Gasteiger partial charge >= 0.3 is 6.03 Å². The zero-order valence-corrected chi connectivity index (χ0v) is 17.9. The van der Waals surface area contributed by atoms with Gasteiger partial charge in [0.15, 0.2) is 0 Å². The summed E-state index contributed by atoms with van der Waals surface area (Å²) in [6.45, 7) is 5.96. The summed E-state index contributed by atoms with van der Waals surface area (Å²) in [5.41, 5.74) is 2.06. The third-order valence-corrected chi connectivity index (χ3v) is 5.72. The van der Waals surface area contributed by atoms with Crippen LogP contribution in [0.3, 0.4) is 0 Å². The fraction of sp³-hybridized carbons (Fsp3) is 0.500. The number of nitrogens with one attached hydrogen (secondary N) is 3. The van der Waals surface area contributed by atoms with Crippen LogP contribution in [0.5, 0.6) is 0 Å².